The van der Waals surface area contributed by atoms with Gasteiger partial charge in [0.25, 0.3) is 0 Å². The van der Waals surface area contributed by atoms with E-state index in [0.29, 0.717) is 36.3 Å². The van der Waals surface area contributed by atoms with E-state index in [2.05, 4.69) is 31.8 Å². The van der Waals surface area contributed by atoms with Crippen molar-refractivity contribution in [1.29, 1.82) is 0 Å². The van der Waals surface area contributed by atoms with E-state index in [1.165, 1.54) is 6.92 Å². The number of unbranched alkanes of at least 4 members (excludes halogenated alkanes) is 1. The van der Waals surface area contributed by atoms with Crippen LogP contribution in [0, 0.1) is 23.7 Å². The average Bonchev–Trinajstić information content (AvgIpc) is 3.91. The standard InChI is InChI=1S/C39H55N3O7/c1-7-26(2)37(36(46)23-30(13-11-12-22-42(4,5)6)38(47)40-34(25-43)27(3)44)41-39(48)33(28-16-17-28)24-35(45)29-18-20-32(21-19-29)49-31-14-9-8-10-15-31/h8-10,14-15,18-21,26,28,30,33-34,37,43H,7,11-13,16-17,22-25H2,1-6H3,(H-,40,41,47,48)/p+1/t26-,30+,33-,34-,37?/m0/s1. The number of nitrogens with zero attached hydrogens (tertiary/aromatic N) is 1. The van der Waals surface area contributed by atoms with Crippen LogP contribution in [0.4, 0.5) is 0 Å². The molecule has 0 aliphatic heterocycles. The molecule has 3 rings (SSSR count). The molecular formula is C39H56N3O7+. The number of carbonyl (C=O) groups excluding carboxylic acids is 5. The number of quaternary nitrogens is 1. The van der Waals surface area contributed by atoms with Crippen LogP contribution in [-0.2, 0) is 19.2 Å². The molecule has 0 spiro atoms. The van der Waals surface area contributed by atoms with Crippen molar-refractivity contribution in [3.8, 4) is 11.5 Å². The van der Waals surface area contributed by atoms with Gasteiger partial charge in [-0.2, -0.15) is 0 Å². The molecular weight excluding hydrogens is 622 g/mol. The monoisotopic (exact) mass is 678 g/mol. The molecule has 49 heavy (non-hydrogen) atoms. The van der Waals surface area contributed by atoms with Crippen LogP contribution in [0.2, 0.25) is 0 Å². The third-order valence-corrected chi connectivity index (χ3v) is 9.39. The largest absolute Gasteiger partial charge is 0.457 e. The SMILES string of the molecule is CC[C@H](C)C(NC(=O)[C@@H](CC(=O)c1ccc(Oc2ccccc2)cc1)C1CC1)C(=O)C[C@@H](CCCC[N+](C)(C)C)C(=O)N[C@@H](CO)C(C)=O. The van der Waals surface area contributed by atoms with E-state index in [0.717, 1.165) is 30.3 Å². The van der Waals surface area contributed by atoms with Gasteiger partial charge in [-0.05, 0) is 87.3 Å². The van der Waals surface area contributed by atoms with Crippen LogP contribution in [0.3, 0.4) is 0 Å². The zero-order valence-electron chi connectivity index (χ0n) is 30.1. The van der Waals surface area contributed by atoms with Crippen molar-refractivity contribution in [3.63, 3.8) is 0 Å². The Labute approximate surface area is 291 Å². The lowest BCUT2D eigenvalue weighted by Crippen LogP contribution is -2.50. The zero-order valence-corrected chi connectivity index (χ0v) is 30.1. The molecule has 10 nitrogen and oxygen atoms in total. The Hall–Kier alpha value is -3.89. The highest BCUT2D eigenvalue weighted by atomic mass is 16.5. The molecule has 3 N–H and O–H groups in total. The molecule has 1 saturated carbocycles. The van der Waals surface area contributed by atoms with Crippen molar-refractivity contribution in [1.82, 2.24) is 10.6 Å². The number of amides is 2. The molecule has 0 aromatic heterocycles. The second-order valence-electron chi connectivity index (χ2n) is 14.6. The van der Waals surface area contributed by atoms with Gasteiger partial charge < -0.3 is 25.0 Å². The molecule has 0 bridgehead atoms. The van der Waals surface area contributed by atoms with Crippen LogP contribution in [-0.4, -0.2) is 85.1 Å². The molecule has 2 aromatic rings. The lowest BCUT2D eigenvalue weighted by molar-refractivity contribution is -0.870. The number of carbonyl (C=O) groups is 5. The van der Waals surface area contributed by atoms with E-state index < -0.39 is 36.4 Å². The molecule has 1 aliphatic rings. The minimum absolute atomic E-state index is 0.0295. The van der Waals surface area contributed by atoms with Crippen LogP contribution < -0.4 is 15.4 Å². The smallest absolute Gasteiger partial charge is 0.224 e. The van der Waals surface area contributed by atoms with Gasteiger partial charge in [-0.1, -0.05) is 38.5 Å². The van der Waals surface area contributed by atoms with Gasteiger partial charge in [0.2, 0.25) is 11.8 Å². The normalized spacial score (nSPS) is 16.1. The minimum Gasteiger partial charge on any atom is -0.457 e. The number of ether oxygens (including phenoxy) is 1. The van der Waals surface area contributed by atoms with E-state index in [1.807, 2.05) is 44.2 Å². The number of para-hydroxylation sites is 1. The second kappa shape index (κ2) is 18.8. The highest BCUT2D eigenvalue weighted by molar-refractivity contribution is 6.00. The van der Waals surface area contributed by atoms with Crippen molar-refractivity contribution >= 4 is 29.2 Å². The minimum atomic E-state index is -1.04. The summed E-state index contributed by atoms with van der Waals surface area (Å²) in [6.07, 6.45) is 4.22. The molecule has 10 heteroatoms. The summed E-state index contributed by atoms with van der Waals surface area (Å²) in [5.41, 5.74) is 0.485. The van der Waals surface area contributed by atoms with Crippen molar-refractivity contribution in [2.75, 3.05) is 34.3 Å². The van der Waals surface area contributed by atoms with Gasteiger partial charge in [-0.3, -0.25) is 24.0 Å². The van der Waals surface area contributed by atoms with Crippen molar-refractivity contribution in [2.45, 2.75) is 84.2 Å². The first-order chi connectivity index (χ1) is 23.2. The van der Waals surface area contributed by atoms with Gasteiger partial charge >= 0.3 is 0 Å². The number of aliphatic hydroxyl groups is 1. The predicted octanol–water partition coefficient (Wildman–Crippen LogP) is 5.13. The Morgan fingerprint density at radius 2 is 1.51 bits per heavy atom. The lowest BCUT2D eigenvalue weighted by atomic mass is 9.86. The first-order valence-electron chi connectivity index (χ1n) is 17.6. The second-order valence-corrected chi connectivity index (χ2v) is 14.6. The fraction of sp³-hybridized carbons (Fsp3) is 0.564. The van der Waals surface area contributed by atoms with Gasteiger partial charge in [0.05, 0.1) is 40.3 Å². The number of hydrogen-bond acceptors (Lipinski definition) is 7. The molecule has 1 unspecified atom stereocenters. The first-order valence-corrected chi connectivity index (χ1v) is 17.6. The number of Topliss-reactive ketones (excluding diaryl/α,β-unsaturated/α-hetero) is 3. The van der Waals surface area contributed by atoms with E-state index >= 15 is 0 Å². The average molecular weight is 679 g/mol. The third kappa shape index (κ3) is 13.2. The van der Waals surface area contributed by atoms with Crippen molar-refractivity contribution in [3.05, 3.63) is 60.2 Å². The van der Waals surface area contributed by atoms with Gasteiger partial charge in [-0.25, -0.2) is 0 Å². The summed E-state index contributed by atoms with van der Waals surface area (Å²) >= 11 is 0. The van der Waals surface area contributed by atoms with Crippen LogP contribution in [0.5, 0.6) is 11.5 Å². The summed E-state index contributed by atoms with van der Waals surface area (Å²) in [6, 6.07) is 14.4. The summed E-state index contributed by atoms with van der Waals surface area (Å²) in [7, 11) is 6.27. The Kier molecular flexibility index (Phi) is 15.1. The maximum Gasteiger partial charge on any atom is 0.224 e. The Bertz CT molecular complexity index is 1400. The molecule has 1 fully saturated rings. The fourth-order valence-corrected chi connectivity index (χ4v) is 5.90. The summed E-state index contributed by atoms with van der Waals surface area (Å²) in [4.78, 5) is 66.3. The molecule has 0 heterocycles. The van der Waals surface area contributed by atoms with E-state index in [1.54, 1.807) is 24.3 Å². The summed E-state index contributed by atoms with van der Waals surface area (Å²) in [6.45, 7) is 5.51. The maximum atomic E-state index is 13.9. The van der Waals surface area contributed by atoms with Gasteiger partial charge in [0, 0.05) is 30.2 Å². The third-order valence-electron chi connectivity index (χ3n) is 9.39. The number of ketones is 3. The molecule has 2 amide bonds. The summed E-state index contributed by atoms with van der Waals surface area (Å²) in [5.74, 6) is -1.68. The maximum absolute atomic E-state index is 13.9. The zero-order chi connectivity index (χ0) is 36.1. The predicted molar refractivity (Wildman–Crippen MR) is 189 cm³/mol. The number of hydrogen-bond donors (Lipinski definition) is 3. The number of rotatable bonds is 22. The Morgan fingerprint density at radius 3 is 2.06 bits per heavy atom. The first kappa shape index (κ1) is 39.5. The fourth-order valence-electron chi connectivity index (χ4n) is 5.90. The number of benzene rings is 2. The van der Waals surface area contributed by atoms with E-state index in [4.69, 9.17) is 4.74 Å². The van der Waals surface area contributed by atoms with Crippen LogP contribution in [0.25, 0.3) is 0 Å². The van der Waals surface area contributed by atoms with Crippen molar-refractivity contribution < 1.29 is 38.3 Å². The van der Waals surface area contributed by atoms with Gasteiger partial charge in [0.15, 0.2) is 17.3 Å². The molecule has 0 saturated heterocycles. The number of nitrogens with one attached hydrogen (secondary N) is 2. The molecule has 1 aliphatic carbocycles. The Morgan fingerprint density at radius 1 is 0.878 bits per heavy atom. The van der Waals surface area contributed by atoms with Gasteiger partial charge in [-0.15, -0.1) is 0 Å². The summed E-state index contributed by atoms with van der Waals surface area (Å²) in [5, 5.41) is 15.2. The number of aliphatic hydroxyl groups excluding tert-OH is 1. The van der Waals surface area contributed by atoms with Crippen LogP contribution in [0.1, 0.15) is 82.5 Å². The molecule has 2 aromatic carbocycles. The Balaban J connectivity index is 1.70. The topological polar surface area (TPSA) is 139 Å². The molecule has 268 valence electrons. The quantitative estimate of drug-likeness (QED) is 0.0892. The molecule has 0 radical (unpaired) electrons. The van der Waals surface area contributed by atoms with E-state index in [9.17, 15) is 29.1 Å². The highest BCUT2D eigenvalue weighted by Crippen LogP contribution is 2.39. The highest BCUT2D eigenvalue weighted by Gasteiger charge is 2.40. The van der Waals surface area contributed by atoms with E-state index in [-0.39, 0.29) is 47.9 Å². The summed E-state index contributed by atoms with van der Waals surface area (Å²) < 4.78 is 6.61. The lowest BCUT2D eigenvalue weighted by Gasteiger charge is -2.28. The van der Waals surface area contributed by atoms with Crippen molar-refractivity contribution in [2.24, 2.45) is 23.7 Å². The van der Waals surface area contributed by atoms with Gasteiger partial charge in [0.1, 0.15) is 17.5 Å². The molecule has 5 atom stereocenters. The van der Waals surface area contributed by atoms with Crippen LogP contribution >= 0.6 is 0 Å². The van der Waals surface area contributed by atoms with Crippen LogP contribution in [0.15, 0.2) is 54.6 Å².